The van der Waals surface area contributed by atoms with Gasteiger partial charge in [-0.05, 0) is 13.3 Å². The third-order valence-corrected chi connectivity index (χ3v) is 6.24. The van der Waals surface area contributed by atoms with E-state index in [1.165, 1.54) is 0 Å². The van der Waals surface area contributed by atoms with Gasteiger partial charge in [-0.15, -0.1) is 0 Å². The summed E-state index contributed by atoms with van der Waals surface area (Å²) in [6.07, 6.45) is 0.908. The first-order valence-corrected chi connectivity index (χ1v) is 7.61. The van der Waals surface area contributed by atoms with Crippen LogP contribution in [0.3, 0.4) is 0 Å². The van der Waals surface area contributed by atoms with E-state index < -0.39 is 5.60 Å². The molecule has 6 rings (SSSR count). The van der Waals surface area contributed by atoms with Crippen LogP contribution in [0.1, 0.15) is 31.6 Å². The van der Waals surface area contributed by atoms with Gasteiger partial charge in [0.2, 0.25) is 0 Å². The number of Topliss-reactive ketones (excluding diaryl/α,β-unsaturated/α-hetero) is 1. The highest BCUT2D eigenvalue weighted by Crippen LogP contribution is 2.73. The largest absolute Gasteiger partial charge is 0.371 e. The van der Waals surface area contributed by atoms with Gasteiger partial charge in [0.05, 0.1) is 18.6 Å². The van der Waals surface area contributed by atoms with E-state index in [9.17, 15) is 4.79 Å². The quantitative estimate of drug-likeness (QED) is 0.794. The lowest BCUT2D eigenvalue weighted by Crippen LogP contribution is -2.79. The highest BCUT2D eigenvalue weighted by atomic mass is 16.7. The number of ether oxygens (including phenoxy) is 3. The van der Waals surface area contributed by atoms with E-state index in [2.05, 4.69) is 0 Å². The minimum atomic E-state index is -0.490. The number of ketones is 1. The van der Waals surface area contributed by atoms with Gasteiger partial charge in [0.25, 0.3) is 0 Å². The van der Waals surface area contributed by atoms with E-state index in [1.54, 1.807) is 0 Å². The van der Waals surface area contributed by atoms with E-state index in [0.717, 1.165) is 12.0 Å². The number of hydrogen-bond donors (Lipinski definition) is 0. The van der Waals surface area contributed by atoms with Crippen molar-refractivity contribution in [2.75, 3.05) is 13.2 Å². The first kappa shape index (κ1) is 12.3. The Morgan fingerprint density at radius 3 is 2.81 bits per heavy atom. The monoisotopic (exact) mass is 286 g/mol. The molecule has 5 fully saturated rings. The molecule has 2 saturated heterocycles. The van der Waals surface area contributed by atoms with Crippen LogP contribution in [0.15, 0.2) is 30.3 Å². The van der Waals surface area contributed by atoms with Crippen molar-refractivity contribution in [3.8, 4) is 0 Å². The summed E-state index contributed by atoms with van der Waals surface area (Å²) in [5.41, 5.74) is -0.0555. The maximum atomic E-state index is 12.3. The van der Waals surface area contributed by atoms with Gasteiger partial charge in [-0.1, -0.05) is 30.3 Å². The summed E-state index contributed by atoms with van der Waals surface area (Å²) in [5.74, 6) is 0.382. The zero-order chi connectivity index (χ0) is 14.3. The van der Waals surface area contributed by atoms with Crippen LogP contribution in [0.25, 0.3) is 0 Å². The maximum absolute atomic E-state index is 12.3. The van der Waals surface area contributed by atoms with E-state index in [4.69, 9.17) is 14.2 Å². The number of hydrogen-bond acceptors (Lipinski definition) is 4. The van der Waals surface area contributed by atoms with Gasteiger partial charge >= 0.3 is 0 Å². The lowest BCUT2D eigenvalue weighted by Gasteiger charge is -2.68. The molecule has 5 atom stereocenters. The van der Waals surface area contributed by atoms with E-state index in [1.807, 2.05) is 37.3 Å². The van der Waals surface area contributed by atoms with Crippen LogP contribution in [-0.4, -0.2) is 30.2 Å². The summed E-state index contributed by atoms with van der Waals surface area (Å²) in [6, 6.07) is 10.0. The smallest absolute Gasteiger partial charge is 0.184 e. The molecular formula is C17H18O4. The molecule has 2 heterocycles. The zero-order valence-electron chi connectivity index (χ0n) is 12.0. The van der Waals surface area contributed by atoms with Gasteiger partial charge in [-0.2, -0.15) is 0 Å². The van der Waals surface area contributed by atoms with Crippen molar-refractivity contribution in [3.05, 3.63) is 35.9 Å². The fraction of sp³-hybridized carbons (Fsp3) is 0.588. The van der Waals surface area contributed by atoms with Crippen molar-refractivity contribution < 1.29 is 19.0 Å². The summed E-state index contributed by atoms with van der Waals surface area (Å²) >= 11 is 0. The number of carbonyl (C=O) groups is 1. The molecule has 0 amide bonds. The second-order valence-electron chi connectivity index (χ2n) is 7.07. The normalized spacial score (nSPS) is 50.4. The molecule has 3 aliphatic carbocycles. The van der Waals surface area contributed by atoms with Crippen molar-refractivity contribution in [2.45, 2.75) is 37.3 Å². The summed E-state index contributed by atoms with van der Waals surface area (Å²) in [6.45, 7) is 3.18. The van der Waals surface area contributed by atoms with Gasteiger partial charge in [-0.3, -0.25) is 4.79 Å². The Hall–Kier alpha value is -1.23. The van der Waals surface area contributed by atoms with Crippen molar-refractivity contribution in [2.24, 2.45) is 11.3 Å². The molecule has 5 aliphatic rings. The Bertz CT molecular complexity index is 629. The Labute approximate surface area is 123 Å². The van der Waals surface area contributed by atoms with E-state index in [-0.39, 0.29) is 23.2 Å². The highest BCUT2D eigenvalue weighted by Gasteiger charge is 2.84. The second-order valence-corrected chi connectivity index (χ2v) is 7.07. The van der Waals surface area contributed by atoms with Crippen molar-refractivity contribution in [1.29, 1.82) is 0 Å². The van der Waals surface area contributed by atoms with Crippen molar-refractivity contribution >= 4 is 5.78 Å². The van der Waals surface area contributed by atoms with Gasteiger partial charge in [0.15, 0.2) is 6.29 Å². The third-order valence-electron chi connectivity index (χ3n) is 6.24. The Kier molecular flexibility index (Phi) is 2.09. The molecule has 1 aromatic carbocycles. The molecular weight excluding hydrogens is 268 g/mol. The molecule has 1 aromatic rings. The predicted octanol–water partition coefficient (Wildman–Crippen LogP) is 2.24. The summed E-state index contributed by atoms with van der Waals surface area (Å²) in [4.78, 5) is 12.3. The summed E-state index contributed by atoms with van der Waals surface area (Å²) in [7, 11) is 0. The molecule has 21 heavy (non-hydrogen) atoms. The number of benzene rings is 1. The Morgan fingerprint density at radius 2 is 2.00 bits per heavy atom. The topological polar surface area (TPSA) is 44.8 Å². The lowest BCUT2D eigenvalue weighted by atomic mass is 9.41. The minimum Gasteiger partial charge on any atom is -0.371 e. The standard InChI is InChI=1S/C17H18O4/c1-15-8-13(18)12-7-17(15)16(12,10-20-15)9-19-14(21-17)11-5-3-2-4-6-11/h2-6,12,14H,7-10H2,1H3/t12-,14-,15-,16+,17-/m1/s1. The van der Waals surface area contributed by atoms with Crippen LogP contribution in [0.2, 0.25) is 0 Å². The van der Waals surface area contributed by atoms with Gasteiger partial charge < -0.3 is 14.2 Å². The van der Waals surface area contributed by atoms with Crippen LogP contribution in [-0.2, 0) is 19.0 Å². The van der Waals surface area contributed by atoms with Crippen LogP contribution in [0.4, 0.5) is 0 Å². The van der Waals surface area contributed by atoms with Crippen LogP contribution < -0.4 is 0 Å². The minimum absolute atomic E-state index is 0.0600. The summed E-state index contributed by atoms with van der Waals surface area (Å²) < 4.78 is 18.5. The van der Waals surface area contributed by atoms with Crippen LogP contribution in [0.5, 0.6) is 0 Å². The average Bonchev–Trinajstić information content (AvgIpc) is 2.62. The van der Waals surface area contributed by atoms with Crippen molar-refractivity contribution in [1.82, 2.24) is 0 Å². The van der Waals surface area contributed by atoms with Gasteiger partial charge in [0.1, 0.15) is 17.0 Å². The fourth-order valence-electron chi connectivity index (χ4n) is 5.04. The lowest BCUT2D eigenvalue weighted by molar-refractivity contribution is -0.382. The second kappa shape index (κ2) is 3.57. The number of carbonyl (C=O) groups excluding carboxylic acids is 1. The average molecular weight is 286 g/mol. The van der Waals surface area contributed by atoms with E-state index >= 15 is 0 Å². The first-order chi connectivity index (χ1) is 10.1. The molecule has 0 unspecified atom stereocenters. The fourth-order valence-corrected chi connectivity index (χ4v) is 5.04. The first-order valence-electron chi connectivity index (χ1n) is 7.61. The molecule has 4 nitrogen and oxygen atoms in total. The van der Waals surface area contributed by atoms with E-state index in [0.29, 0.717) is 25.4 Å². The van der Waals surface area contributed by atoms with Gasteiger partial charge in [0, 0.05) is 17.9 Å². The maximum Gasteiger partial charge on any atom is 0.184 e. The zero-order valence-corrected chi connectivity index (χ0v) is 12.0. The molecule has 0 radical (unpaired) electrons. The van der Waals surface area contributed by atoms with Crippen molar-refractivity contribution in [3.63, 3.8) is 0 Å². The molecule has 3 saturated carbocycles. The third kappa shape index (κ3) is 1.18. The van der Waals surface area contributed by atoms with Crippen LogP contribution >= 0.6 is 0 Å². The molecule has 4 heteroatoms. The van der Waals surface area contributed by atoms with Gasteiger partial charge in [-0.25, -0.2) is 0 Å². The molecule has 110 valence electrons. The Balaban J connectivity index is 1.56. The predicted molar refractivity (Wildman–Crippen MR) is 73.5 cm³/mol. The highest BCUT2D eigenvalue weighted by molar-refractivity contribution is 5.88. The molecule has 0 N–H and O–H groups in total. The molecule has 0 aromatic heterocycles. The number of fused-ring (bicyclic) bond motifs is 1. The molecule has 2 aliphatic heterocycles. The summed E-state index contributed by atoms with van der Waals surface area (Å²) in [5, 5.41) is 0. The number of rotatable bonds is 1. The van der Waals surface area contributed by atoms with Crippen LogP contribution in [0, 0.1) is 11.3 Å². The molecule has 1 spiro atoms. The SMILES string of the molecule is C[C@@]12CC(=O)[C@H]3C[C@@]14O[C@H](c1ccccc1)OC[C@]34CO2. The molecule has 4 bridgehead atoms. The Morgan fingerprint density at radius 1 is 1.19 bits per heavy atom.